The van der Waals surface area contributed by atoms with Crippen molar-refractivity contribution in [3.8, 4) is 0 Å². The van der Waals surface area contributed by atoms with Crippen molar-refractivity contribution < 1.29 is 9.59 Å². The molecule has 3 aromatic carbocycles. The summed E-state index contributed by atoms with van der Waals surface area (Å²) in [5.74, 6) is -0.800. The number of imide groups is 1. The molecule has 2 heterocycles. The summed E-state index contributed by atoms with van der Waals surface area (Å²) in [6.07, 6.45) is 0.819. The van der Waals surface area contributed by atoms with E-state index in [1.54, 1.807) is 12.1 Å². The maximum absolute atomic E-state index is 13.6. The van der Waals surface area contributed by atoms with E-state index in [-0.39, 0.29) is 17.9 Å². The lowest BCUT2D eigenvalue weighted by atomic mass is 9.83. The topological polar surface area (TPSA) is 40.6 Å². The number of fused-ring (bicyclic) bond motifs is 3. The van der Waals surface area contributed by atoms with Crippen LogP contribution in [0.15, 0.2) is 84.9 Å². The van der Waals surface area contributed by atoms with Gasteiger partial charge in [-0.05, 0) is 35.2 Å². The summed E-state index contributed by atoms with van der Waals surface area (Å²) in [6, 6.07) is 27.0. The average Bonchev–Trinajstić information content (AvgIpc) is 3.06. The van der Waals surface area contributed by atoms with Crippen molar-refractivity contribution in [2.75, 3.05) is 6.54 Å². The molecule has 0 unspecified atom stereocenters. The largest absolute Gasteiger partial charge is 0.275 e. The molecule has 0 N–H and O–H groups in total. The number of nitrogens with zero attached hydrogens (tertiary/aromatic N) is 2. The van der Waals surface area contributed by atoms with Crippen molar-refractivity contribution in [3.05, 3.63) is 107 Å². The van der Waals surface area contributed by atoms with E-state index in [2.05, 4.69) is 12.1 Å². The van der Waals surface area contributed by atoms with Gasteiger partial charge in [0.15, 0.2) is 0 Å². The van der Waals surface area contributed by atoms with Gasteiger partial charge in [-0.25, -0.2) is 10.0 Å². The van der Waals surface area contributed by atoms with E-state index in [1.807, 2.05) is 65.7 Å². The summed E-state index contributed by atoms with van der Waals surface area (Å²) >= 11 is 0. The molecule has 3 aromatic rings. The van der Waals surface area contributed by atoms with Crippen molar-refractivity contribution in [3.63, 3.8) is 0 Å². The van der Waals surface area contributed by atoms with Gasteiger partial charge in [0.05, 0.1) is 12.0 Å². The number of carbonyl (C=O) groups excluding carboxylic acids is 2. The molecule has 4 nitrogen and oxygen atoms in total. The molecular formula is C24H20N2O2. The Hall–Kier alpha value is -3.24. The minimum absolute atomic E-state index is 0.151. The third-order valence-electron chi connectivity index (χ3n) is 5.72. The summed E-state index contributed by atoms with van der Waals surface area (Å²) in [7, 11) is 0. The number of hydrazine groups is 1. The molecule has 5 rings (SSSR count). The van der Waals surface area contributed by atoms with E-state index < -0.39 is 5.92 Å². The normalized spacial score (nSPS) is 21.3. The molecule has 0 radical (unpaired) electrons. The van der Waals surface area contributed by atoms with Crippen LogP contribution in [0, 0.1) is 0 Å². The molecule has 2 amide bonds. The first-order chi connectivity index (χ1) is 13.8. The van der Waals surface area contributed by atoms with Crippen LogP contribution in [0.5, 0.6) is 0 Å². The van der Waals surface area contributed by atoms with E-state index in [0.29, 0.717) is 12.1 Å². The Labute approximate surface area is 164 Å². The zero-order valence-electron chi connectivity index (χ0n) is 15.4. The zero-order valence-corrected chi connectivity index (χ0v) is 15.4. The molecule has 0 aromatic heterocycles. The minimum Gasteiger partial charge on any atom is -0.272 e. The third-order valence-corrected chi connectivity index (χ3v) is 5.72. The van der Waals surface area contributed by atoms with Crippen LogP contribution in [-0.4, -0.2) is 28.4 Å². The highest BCUT2D eigenvalue weighted by molar-refractivity contribution is 6.07. The van der Waals surface area contributed by atoms with Gasteiger partial charge < -0.3 is 0 Å². The molecular weight excluding hydrogens is 348 g/mol. The van der Waals surface area contributed by atoms with Crippen molar-refractivity contribution in [2.45, 2.75) is 18.4 Å². The Morgan fingerprint density at radius 1 is 0.821 bits per heavy atom. The van der Waals surface area contributed by atoms with Crippen LogP contribution in [0.25, 0.3) is 0 Å². The Kier molecular flexibility index (Phi) is 4.06. The molecule has 138 valence electrons. The Morgan fingerprint density at radius 2 is 1.46 bits per heavy atom. The van der Waals surface area contributed by atoms with Gasteiger partial charge in [-0.2, -0.15) is 0 Å². The summed E-state index contributed by atoms with van der Waals surface area (Å²) in [6.45, 7) is 0.648. The first-order valence-corrected chi connectivity index (χ1v) is 9.58. The molecule has 1 fully saturated rings. The second-order valence-electron chi connectivity index (χ2n) is 7.27. The number of carbonyl (C=O) groups is 2. The van der Waals surface area contributed by atoms with E-state index in [9.17, 15) is 9.59 Å². The van der Waals surface area contributed by atoms with Crippen LogP contribution in [0.4, 0.5) is 0 Å². The average molecular weight is 368 g/mol. The SMILES string of the molecule is O=C(c1ccccc1)N1C(=O)[C@@H](c2ccccc2)[C@@H]2c3ccccc3CCN21. The second kappa shape index (κ2) is 6.73. The second-order valence-corrected chi connectivity index (χ2v) is 7.27. The molecule has 2 aliphatic rings. The molecule has 4 heteroatoms. The lowest BCUT2D eigenvalue weighted by Crippen LogP contribution is -2.46. The Bertz CT molecular complexity index is 1030. The van der Waals surface area contributed by atoms with E-state index in [1.165, 1.54) is 10.6 Å². The quantitative estimate of drug-likeness (QED) is 0.643. The van der Waals surface area contributed by atoms with E-state index in [0.717, 1.165) is 17.5 Å². The van der Waals surface area contributed by atoms with Crippen molar-refractivity contribution in [1.82, 2.24) is 10.0 Å². The minimum atomic E-state index is -0.393. The van der Waals surface area contributed by atoms with Gasteiger partial charge >= 0.3 is 0 Å². The number of benzene rings is 3. The lowest BCUT2D eigenvalue weighted by Gasteiger charge is -2.36. The van der Waals surface area contributed by atoms with Gasteiger partial charge in [-0.15, -0.1) is 0 Å². The highest BCUT2D eigenvalue weighted by atomic mass is 16.2. The van der Waals surface area contributed by atoms with Gasteiger partial charge in [0, 0.05) is 12.1 Å². The highest BCUT2D eigenvalue weighted by Crippen LogP contribution is 2.47. The fraction of sp³-hybridized carbons (Fsp3) is 0.167. The summed E-state index contributed by atoms with van der Waals surface area (Å²) < 4.78 is 0. The van der Waals surface area contributed by atoms with E-state index in [4.69, 9.17) is 0 Å². The van der Waals surface area contributed by atoms with Gasteiger partial charge in [0.1, 0.15) is 0 Å². The fourth-order valence-corrected chi connectivity index (χ4v) is 4.46. The number of hydrogen-bond donors (Lipinski definition) is 0. The van der Waals surface area contributed by atoms with Crippen molar-refractivity contribution in [2.24, 2.45) is 0 Å². The maximum Gasteiger partial charge on any atom is 0.275 e. The van der Waals surface area contributed by atoms with Crippen LogP contribution >= 0.6 is 0 Å². The standard InChI is InChI=1S/C24H20N2O2/c27-23(19-12-5-2-6-13-19)26-24(28)21(18-10-3-1-4-11-18)22-20-14-8-7-9-17(20)15-16-25(22)26/h1-14,21-22H,15-16H2/t21-,22-/m0/s1. The predicted octanol–water partition coefficient (Wildman–Crippen LogP) is 3.97. The van der Waals surface area contributed by atoms with Gasteiger partial charge in [-0.3, -0.25) is 9.59 Å². The number of hydrogen-bond acceptors (Lipinski definition) is 3. The van der Waals surface area contributed by atoms with Gasteiger partial charge in [-0.1, -0.05) is 72.8 Å². The molecule has 28 heavy (non-hydrogen) atoms. The van der Waals surface area contributed by atoms with Crippen LogP contribution in [-0.2, 0) is 11.2 Å². The molecule has 0 spiro atoms. The summed E-state index contributed by atoms with van der Waals surface area (Å²) in [5, 5.41) is 3.35. The van der Waals surface area contributed by atoms with Gasteiger partial charge in [0.25, 0.3) is 11.8 Å². The molecule has 0 bridgehead atoms. The monoisotopic (exact) mass is 368 g/mol. The summed E-state index contributed by atoms with van der Waals surface area (Å²) in [4.78, 5) is 26.8. The number of amides is 2. The molecule has 2 atom stereocenters. The van der Waals surface area contributed by atoms with Crippen molar-refractivity contribution >= 4 is 11.8 Å². The van der Waals surface area contributed by atoms with Crippen LogP contribution < -0.4 is 0 Å². The van der Waals surface area contributed by atoms with Gasteiger partial charge in [0.2, 0.25) is 0 Å². The molecule has 0 aliphatic carbocycles. The van der Waals surface area contributed by atoms with Crippen molar-refractivity contribution in [1.29, 1.82) is 0 Å². The number of rotatable bonds is 2. The fourth-order valence-electron chi connectivity index (χ4n) is 4.46. The smallest absolute Gasteiger partial charge is 0.272 e. The first-order valence-electron chi connectivity index (χ1n) is 9.58. The van der Waals surface area contributed by atoms with E-state index >= 15 is 0 Å². The highest BCUT2D eigenvalue weighted by Gasteiger charge is 2.52. The molecule has 2 aliphatic heterocycles. The Morgan fingerprint density at radius 3 is 2.21 bits per heavy atom. The third kappa shape index (κ3) is 2.57. The maximum atomic E-state index is 13.6. The first kappa shape index (κ1) is 16.9. The zero-order chi connectivity index (χ0) is 19.1. The molecule has 0 saturated carbocycles. The lowest BCUT2D eigenvalue weighted by molar-refractivity contribution is -0.134. The Balaban J connectivity index is 1.64. The molecule has 1 saturated heterocycles. The predicted molar refractivity (Wildman–Crippen MR) is 106 cm³/mol. The van der Waals surface area contributed by atoms with Crippen LogP contribution in [0.3, 0.4) is 0 Å². The van der Waals surface area contributed by atoms with Crippen LogP contribution in [0.1, 0.15) is 39.0 Å². The van der Waals surface area contributed by atoms with Crippen LogP contribution in [0.2, 0.25) is 0 Å². The summed E-state index contributed by atoms with van der Waals surface area (Å²) in [5.41, 5.74) is 3.87.